The maximum Gasteiger partial charge on any atom is 0.224 e. The average molecular weight is 294 g/mol. The van der Waals surface area contributed by atoms with Gasteiger partial charge in [-0.1, -0.05) is 6.92 Å². The first-order valence-electron chi connectivity index (χ1n) is 7.54. The lowest BCUT2D eigenvalue weighted by molar-refractivity contribution is -0.126. The summed E-state index contributed by atoms with van der Waals surface area (Å²) in [5.41, 5.74) is 0.0132. The van der Waals surface area contributed by atoms with Gasteiger partial charge in [0.25, 0.3) is 0 Å². The van der Waals surface area contributed by atoms with Gasteiger partial charge in [-0.25, -0.2) is 0 Å². The quantitative estimate of drug-likeness (QED) is 0.841. The molecule has 0 spiro atoms. The van der Waals surface area contributed by atoms with E-state index in [1.807, 2.05) is 19.2 Å². The molecule has 1 fully saturated rings. The highest BCUT2D eigenvalue weighted by molar-refractivity contribution is 5.78. The third-order valence-electron chi connectivity index (χ3n) is 4.43. The first-order valence-corrected chi connectivity index (χ1v) is 7.54. The molecular formula is C15H26N4O2. The van der Waals surface area contributed by atoms with Gasteiger partial charge in [-0.05, 0) is 33.0 Å². The summed E-state index contributed by atoms with van der Waals surface area (Å²) in [7, 11) is 4.15. The normalized spacial score (nSPS) is 19.4. The Bertz CT molecular complexity index is 439. The number of ether oxygens (including phenoxy) is 1. The van der Waals surface area contributed by atoms with Crippen LogP contribution < -0.4 is 5.32 Å². The van der Waals surface area contributed by atoms with E-state index in [0.717, 1.165) is 26.1 Å². The maximum absolute atomic E-state index is 12.3. The lowest BCUT2D eigenvalue weighted by Crippen LogP contribution is -2.56. The summed E-state index contributed by atoms with van der Waals surface area (Å²) in [6.45, 7) is 4.74. The van der Waals surface area contributed by atoms with Crippen molar-refractivity contribution >= 4 is 5.91 Å². The van der Waals surface area contributed by atoms with E-state index < -0.39 is 0 Å². The molecule has 0 aromatic carbocycles. The molecule has 1 unspecified atom stereocenters. The monoisotopic (exact) mass is 294 g/mol. The largest absolute Gasteiger partial charge is 0.381 e. The van der Waals surface area contributed by atoms with Crippen LogP contribution in [0.2, 0.25) is 0 Å². The second kappa shape index (κ2) is 7.04. The number of hydrogen-bond donors (Lipinski definition) is 1. The smallest absolute Gasteiger partial charge is 0.224 e. The van der Waals surface area contributed by atoms with E-state index in [1.54, 1.807) is 10.9 Å². The van der Waals surface area contributed by atoms with Crippen molar-refractivity contribution in [1.82, 2.24) is 20.0 Å². The van der Waals surface area contributed by atoms with Crippen molar-refractivity contribution in [1.29, 1.82) is 0 Å². The van der Waals surface area contributed by atoms with Crippen LogP contribution in [0, 0.1) is 5.92 Å². The molecule has 0 saturated carbocycles. The second-order valence-electron chi connectivity index (χ2n) is 6.08. The van der Waals surface area contributed by atoms with Crippen LogP contribution in [0.3, 0.4) is 0 Å². The van der Waals surface area contributed by atoms with E-state index in [-0.39, 0.29) is 17.4 Å². The highest BCUT2D eigenvalue weighted by Crippen LogP contribution is 2.25. The molecule has 2 heterocycles. The van der Waals surface area contributed by atoms with E-state index in [1.165, 1.54) is 0 Å². The summed E-state index contributed by atoms with van der Waals surface area (Å²) in [4.78, 5) is 14.5. The lowest BCUT2D eigenvalue weighted by Gasteiger charge is -2.43. The van der Waals surface area contributed by atoms with Crippen LogP contribution in [0.15, 0.2) is 18.5 Å². The lowest BCUT2D eigenvalue weighted by atomic mass is 9.88. The molecule has 2 rings (SSSR count). The van der Waals surface area contributed by atoms with Crippen molar-refractivity contribution < 1.29 is 9.53 Å². The van der Waals surface area contributed by atoms with Gasteiger partial charge in [0, 0.05) is 37.7 Å². The number of aromatic nitrogens is 2. The number of nitrogens with zero attached hydrogens (tertiary/aromatic N) is 3. The predicted molar refractivity (Wildman–Crippen MR) is 80.9 cm³/mol. The van der Waals surface area contributed by atoms with Gasteiger partial charge < -0.3 is 15.0 Å². The van der Waals surface area contributed by atoms with Crippen molar-refractivity contribution in [3.8, 4) is 0 Å². The molecule has 1 aliphatic rings. The Balaban J connectivity index is 1.86. The molecule has 0 bridgehead atoms. The number of likely N-dealkylation sites (N-methyl/N-ethyl adjacent to an activating group) is 1. The number of hydrogen-bond acceptors (Lipinski definition) is 4. The SMILES string of the molecule is CC(Cn1cccn1)C(=O)NCC1(N(C)C)CCOCC1. The maximum atomic E-state index is 12.3. The fraction of sp³-hybridized carbons (Fsp3) is 0.733. The van der Waals surface area contributed by atoms with Crippen LogP contribution in [0.5, 0.6) is 0 Å². The molecule has 21 heavy (non-hydrogen) atoms. The molecule has 1 amide bonds. The van der Waals surface area contributed by atoms with Crippen LogP contribution in [0.1, 0.15) is 19.8 Å². The zero-order valence-electron chi connectivity index (χ0n) is 13.2. The molecule has 1 atom stereocenters. The van der Waals surface area contributed by atoms with Gasteiger partial charge in [-0.2, -0.15) is 5.10 Å². The first-order chi connectivity index (χ1) is 10.0. The average Bonchev–Trinajstić information content (AvgIpc) is 2.98. The summed E-state index contributed by atoms with van der Waals surface area (Å²) in [5, 5.41) is 7.25. The van der Waals surface area contributed by atoms with Crippen molar-refractivity contribution in [2.75, 3.05) is 33.9 Å². The molecule has 1 aliphatic heterocycles. The van der Waals surface area contributed by atoms with Crippen LogP contribution in [-0.4, -0.2) is 60.0 Å². The van der Waals surface area contributed by atoms with E-state index in [2.05, 4.69) is 29.4 Å². The molecule has 1 N–H and O–H groups in total. The van der Waals surface area contributed by atoms with E-state index >= 15 is 0 Å². The van der Waals surface area contributed by atoms with Crippen LogP contribution in [0.25, 0.3) is 0 Å². The second-order valence-corrected chi connectivity index (χ2v) is 6.08. The Labute approximate surface area is 126 Å². The summed E-state index contributed by atoms with van der Waals surface area (Å²) >= 11 is 0. The summed E-state index contributed by atoms with van der Waals surface area (Å²) in [6, 6.07) is 1.87. The Hall–Kier alpha value is -1.40. The molecule has 1 aromatic heterocycles. The molecule has 6 nitrogen and oxygen atoms in total. The zero-order valence-corrected chi connectivity index (χ0v) is 13.2. The minimum Gasteiger partial charge on any atom is -0.381 e. The number of nitrogens with one attached hydrogen (secondary N) is 1. The summed E-state index contributed by atoms with van der Waals surface area (Å²) in [6.07, 6.45) is 5.51. The standard InChI is InChI=1S/C15H26N4O2/c1-13(11-19-8-4-7-17-19)14(20)16-12-15(18(2)3)5-9-21-10-6-15/h4,7-8,13H,5-6,9-12H2,1-3H3,(H,16,20). The van der Waals surface area contributed by atoms with Gasteiger partial charge in [0.15, 0.2) is 0 Å². The number of rotatable bonds is 6. The Kier molecular flexibility index (Phi) is 5.36. The third kappa shape index (κ3) is 4.04. The number of carbonyl (C=O) groups is 1. The van der Waals surface area contributed by atoms with Gasteiger partial charge in [0.2, 0.25) is 5.91 Å². The van der Waals surface area contributed by atoms with Gasteiger partial charge in [0.1, 0.15) is 0 Å². The fourth-order valence-electron chi connectivity index (χ4n) is 2.73. The summed E-state index contributed by atoms with van der Waals surface area (Å²) in [5.74, 6) is -0.0119. The van der Waals surface area contributed by atoms with Gasteiger partial charge >= 0.3 is 0 Å². The van der Waals surface area contributed by atoms with Crippen LogP contribution >= 0.6 is 0 Å². The molecule has 1 saturated heterocycles. The molecule has 1 aromatic rings. The van der Waals surface area contributed by atoms with E-state index in [9.17, 15) is 4.79 Å². The van der Waals surface area contributed by atoms with Crippen molar-refractivity contribution in [3.63, 3.8) is 0 Å². The number of amides is 1. The minimum atomic E-state index is -0.0936. The first kappa shape index (κ1) is 16.0. The Morgan fingerprint density at radius 2 is 2.19 bits per heavy atom. The number of carbonyl (C=O) groups excluding carboxylic acids is 1. The minimum absolute atomic E-state index is 0.0132. The highest BCUT2D eigenvalue weighted by Gasteiger charge is 2.35. The van der Waals surface area contributed by atoms with E-state index in [0.29, 0.717) is 13.1 Å². The van der Waals surface area contributed by atoms with E-state index in [4.69, 9.17) is 4.74 Å². The third-order valence-corrected chi connectivity index (χ3v) is 4.43. The van der Waals surface area contributed by atoms with Gasteiger partial charge in [-0.3, -0.25) is 9.48 Å². The molecule has 118 valence electrons. The summed E-state index contributed by atoms with van der Waals surface area (Å²) < 4.78 is 7.24. The molecule has 0 radical (unpaired) electrons. The van der Waals surface area contributed by atoms with Crippen LogP contribution in [0.4, 0.5) is 0 Å². The topological polar surface area (TPSA) is 59.4 Å². The van der Waals surface area contributed by atoms with Crippen molar-refractivity contribution in [2.45, 2.75) is 31.8 Å². The highest BCUT2D eigenvalue weighted by atomic mass is 16.5. The van der Waals surface area contributed by atoms with Gasteiger partial charge in [0.05, 0.1) is 12.5 Å². The molecule has 6 heteroatoms. The Morgan fingerprint density at radius 3 is 2.76 bits per heavy atom. The molecule has 0 aliphatic carbocycles. The van der Waals surface area contributed by atoms with Gasteiger partial charge in [-0.15, -0.1) is 0 Å². The van der Waals surface area contributed by atoms with Crippen molar-refractivity contribution in [2.24, 2.45) is 5.92 Å². The van der Waals surface area contributed by atoms with Crippen molar-refractivity contribution in [3.05, 3.63) is 18.5 Å². The Morgan fingerprint density at radius 1 is 1.48 bits per heavy atom. The predicted octanol–water partition coefficient (Wildman–Crippen LogP) is 0.746. The molecular weight excluding hydrogens is 268 g/mol. The van der Waals surface area contributed by atoms with Crippen LogP contribution in [-0.2, 0) is 16.1 Å². The zero-order chi connectivity index (χ0) is 15.3. The fourth-order valence-corrected chi connectivity index (χ4v) is 2.73.